The Morgan fingerprint density at radius 3 is 2.94 bits per heavy atom. The second-order valence-corrected chi connectivity index (χ2v) is 4.65. The summed E-state index contributed by atoms with van der Waals surface area (Å²) in [7, 11) is 2.22. The van der Waals surface area contributed by atoms with Crippen molar-refractivity contribution in [2.45, 2.75) is 45.3 Å². The number of hydrogen-bond donors (Lipinski definition) is 1. The zero-order valence-corrected chi connectivity index (χ0v) is 10.3. The molecule has 0 aromatic carbocycles. The van der Waals surface area contributed by atoms with Crippen molar-refractivity contribution in [1.82, 2.24) is 10.2 Å². The van der Waals surface area contributed by atoms with Gasteiger partial charge in [-0.1, -0.05) is 13.3 Å². The molecule has 1 aromatic rings. The SMILES string of the molecule is CCNCc1occc1CN(C)C1CCC1. The van der Waals surface area contributed by atoms with Crippen molar-refractivity contribution < 1.29 is 4.42 Å². The molecule has 0 bridgehead atoms. The first-order chi connectivity index (χ1) is 7.81. The molecule has 3 nitrogen and oxygen atoms in total. The maximum atomic E-state index is 5.51. The van der Waals surface area contributed by atoms with E-state index in [-0.39, 0.29) is 0 Å². The summed E-state index contributed by atoms with van der Waals surface area (Å²) in [4.78, 5) is 2.45. The average Bonchev–Trinajstić information content (AvgIpc) is 2.59. The topological polar surface area (TPSA) is 28.4 Å². The molecule has 0 amide bonds. The van der Waals surface area contributed by atoms with Crippen molar-refractivity contribution in [3.8, 4) is 0 Å². The van der Waals surface area contributed by atoms with Crippen molar-refractivity contribution in [3.05, 3.63) is 23.7 Å². The van der Waals surface area contributed by atoms with Crippen LogP contribution >= 0.6 is 0 Å². The molecule has 0 radical (unpaired) electrons. The zero-order chi connectivity index (χ0) is 11.4. The monoisotopic (exact) mass is 222 g/mol. The summed E-state index contributed by atoms with van der Waals surface area (Å²) in [6.45, 7) is 4.96. The van der Waals surface area contributed by atoms with Crippen molar-refractivity contribution in [3.63, 3.8) is 0 Å². The van der Waals surface area contributed by atoms with Crippen LogP contribution in [0.1, 0.15) is 37.5 Å². The molecule has 1 aromatic heterocycles. The number of nitrogens with zero attached hydrogens (tertiary/aromatic N) is 1. The summed E-state index contributed by atoms with van der Waals surface area (Å²) in [5.74, 6) is 1.09. The van der Waals surface area contributed by atoms with E-state index < -0.39 is 0 Å². The van der Waals surface area contributed by atoms with E-state index in [2.05, 4.69) is 30.3 Å². The Bertz CT molecular complexity index is 317. The first-order valence-corrected chi connectivity index (χ1v) is 6.27. The Morgan fingerprint density at radius 1 is 1.50 bits per heavy atom. The Hall–Kier alpha value is -0.800. The van der Waals surface area contributed by atoms with Crippen molar-refractivity contribution in [1.29, 1.82) is 0 Å². The molecule has 1 aliphatic rings. The fourth-order valence-electron chi connectivity index (χ4n) is 2.13. The van der Waals surface area contributed by atoms with E-state index in [1.807, 2.05) is 0 Å². The minimum Gasteiger partial charge on any atom is -0.468 e. The summed E-state index contributed by atoms with van der Waals surface area (Å²) in [5.41, 5.74) is 1.33. The molecule has 1 aliphatic carbocycles. The standard InChI is InChI=1S/C13H22N2O/c1-3-14-9-13-11(7-8-16-13)10-15(2)12-5-4-6-12/h7-8,12,14H,3-6,9-10H2,1-2H3. The van der Waals surface area contributed by atoms with Crippen LogP contribution in [0.25, 0.3) is 0 Å². The van der Waals surface area contributed by atoms with Crippen LogP contribution in [0.4, 0.5) is 0 Å². The van der Waals surface area contributed by atoms with Crippen LogP contribution in [0.15, 0.2) is 16.7 Å². The number of nitrogens with one attached hydrogen (secondary N) is 1. The third kappa shape index (κ3) is 2.66. The minimum atomic E-state index is 0.793. The highest BCUT2D eigenvalue weighted by atomic mass is 16.3. The average molecular weight is 222 g/mol. The summed E-state index contributed by atoms with van der Waals surface area (Å²) in [5, 5.41) is 3.31. The van der Waals surface area contributed by atoms with E-state index >= 15 is 0 Å². The fraction of sp³-hybridized carbons (Fsp3) is 0.692. The maximum Gasteiger partial charge on any atom is 0.122 e. The molecule has 90 valence electrons. The molecule has 0 spiro atoms. The van der Waals surface area contributed by atoms with Gasteiger partial charge in [-0.05, 0) is 32.5 Å². The Morgan fingerprint density at radius 2 is 2.31 bits per heavy atom. The minimum absolute atomic E-state index is 0.793. The number of hydrogen-bond acceptors (Lipinski definition) is 3. The van der Waals surface area contributed by atoms with Crippen molar-refractivity contribution in [2.75, 3.05) is 13.6 Å². The van der Waals surface area contributed by atoms with Crippen molar-refractivity contribution in [2.24, 2.45) is 0 Å². The van der Waals surface area contributed by atoms with Gasteiger partial charge >= 0.3 is 0 Å². The predicted molar refractivity (Wildman–Crippen MR) is 65.2 cm³/mol. The van der Waals surface area contributed by atoms with E-state index in [0.29, 0.717) is 0 Å². The molecular formula is C13H22N2O. The van der Waals surface area contributed by atoms with E-state index in [1.165, 1.54) is 24.8 Å². The number of rotatable bonds is 6. The lowest BCUT2D eigenvalue weighted by Gasteiger charge is -2.34. The van der Waals surface area contributed by atoms with Gasteiger partial charge in [-0.2, -0.15) is 0 Å². The molecule has 1 saturated carbocycles. The van der Waals surface area contributed by atoms with Gasteiger partial charge in [-0.25, -0.2) is 0 Å². The summed E-state index contributed by atoms with van der Waals surface area (Å²) in [6, 6.07) is 2.89. The first-order valence-electron chi connectivity index (χ1n) is 6.27. The summed E-state index contributed by atoms with van der Waals surface area (Å²) < 4.78 is 5.51. The van der Waals surface area contributed by atoms with Crippen LogP contribution in [0.3, 0.4) is 0 Å². The van der Waals surface area contributed by atoms with Gasteiger partial charge in [0.05, 0.1) is 12.8 Å². The van der Waals surface area contributed by atoms with Gasteiger partial charge < -0.3 is 9.73 Å². The van der Waals surface area contributed by atoms with Gasteiger partial charge in [0.25, 0.3) is 0 Å². The van der Waals surface area contributed by atoms with Gasteiger partial charge in [0.2, 0.25) is 0 Å². The third-order valence-electron chi connectivity index (χ3n) is 3.49. The van der Waals surface area contributed by atoms with Crippen LogP contribution < -0.4 is 5.32 Å². The molecule has 3 heteroatoms. The third-order valence-corrected chi connectivity index (χ3v) is 3.49. The van der Waals surface area contributed by atoms with E-state index in [1.54, 1.807) is 6.26 Å². The molecule has 0 aliphatic heterocycles. The Balaban J connectivity index is 1.89. The van der Waals surface area contributed by atoms with Gasteiger partial charge in [0, 0.05) is 18.2 Å². The molecule has 2 rings (SSSR count). The van der Waals surface area contributed by atoms with Crippen molar-refractivity contribution >= 4 is 0 Å². The first kappa shape index (κ1) is 11.7. The van der Waals surface area contributed by atoms with E-state index in [0.717, 1.165) is 31.4 Å². The normalized spacial score (nSPS) is 16.7. The van der Waals surface area contributed by atoms with Crippen LogP contribution in [0, 0.1) is 0 Å². The zero-order valence-electron chi connectivity index (χ0n) is 10.3. The number of furan rings is 1. The smallest absolute Gasteiger partial charge is 0.122 e. The molecule has 0 unspecified atom stereocenters. The van der Waals surface area contributed by atoms with Crippen LogP contribution in [0.5, 0.6) is 0 Å². The summed E-state index contributed by atoms with van der Waals surface area (Å²) in [6.07, 6.45) is 5.91. The molecule has 1 heterocycles. The highest BCUT2D eigenvalue weighted by Crippen LogP contribution is 2.25. The highest BCUT2D eigenvalue weighted by Gasteiger charge is 2.22. The molecule has 0 atom stereocenters. The highest BCUT2D eigenvalue weighted by molar-refractivity contribution is 5.17. The molecule has 16 heavy (non-hydrogen) atoms. The largest absolute Gasteiger partial charge is 0.468 e. The van der Waals surface area contributed by atoms with Crippen LogP contribution in [0.2, 0.25) is 0 Å². The molecule has 1 fully saturated rings. The van der Waals surface area contributed by atoms with Gasteiger partial charge in [-0.15, -0.1) is 0 Å². The quantitative estimate of drug-likeness (QED) is 0.801. The lowest BCUT2D eigenvalue weighted by Crippen LogP contribution is -2.36. The second-order valence-electron chi connectivity index (χ2n) is 4.65. The summed E-state index contributed by atoms with van der Waals surface area (Å²) >= 11 is 0. The van der Waals surface area contributed by atoms with Crippen LogP contribution in [-0.2, 0) is 13.1 Å². The van der Waals surface area contributed by atoms with Gasteiger partial charge in [-0.3, -0.25) is 4.90 Å². The fourth-order valence-corrected chi connectivity index (χ4v) is 2.13. The predicted octanol–water partition coefficient (Wildman–Crippen LogP) is 2.37. The Labute approximate surface area is 97.8 Å². The molecule has 1 N–H and O–H groups in total. The second kappa shape index (κ2) is 5.51. The van der Waals surface area contributed by atoms with Crippen LogP contribution in [-0.4, -0.2) is 24.5 Å². The molecular weight excluding hydrogens is 200 g/mol. The molecule has 0 saturated heterocycles. The lowest BCUT2D eigenvalue weighted by atomic mass is 9.91. The van der Waals surface area contributed by atoms with E-state index in [9.17, 15) is 0 Å². The lowest BCUT2D eigenvalue weighted by molar-refractivity contribution is 0.152. The Kier molecular flexibility index (Phi) is 4.02. The van der Waals surface area contributed by atoms with Gasteiger partial charge in [0.15, 0.2) is 0 Å². The van der Waals surface area contributed by atoms with Gasteiger partial charge in [0.1, 0.15) is 5.76 Å². The van der Waals surface area contributed by atoms with E-state index in [4.69, 9.17) is 4.42 Å². The maximum absolute atomic E-state index is 5.51.